The van der Waals surface area contributed by atoms with E-state index in [4.69, 9.17) is 9.47 Å². The summed E-state index contributed by atoms with van der Waals surface area (Å²) in [6.45, 7) is 3.83. The van der Waals surface area contributed by atoms with Crippen molar-refractivity contribution in [3.63, 3.8) is 0 Å². The largest absolute Gasteiger partial charge is 0.497 e. The molecule has 1 heterocycles. The summed E-state index contributed by atoms with van der Waals surface area (Å²) in [5.74, 6) is 1.22. The highest BCUT2D eigenvalue weighted by Crippen LogP contribution is 2.30. The van der Waals surface area contributed by atoms with Crippen molar-refractivity contribution in [2.75, 3.05) is 24.9 Å². The lowest BCUT2D eigenvalue weighted by molar-refractivity contribution is -0.116. The molecular formula is C16H21N3O3S. The van der Waals surface area contributed by atoms with Crippen LogP contribution in [0.15, 0.2) is 23.6 Å². The second kappa shape index (κ2) is 7.82. The first-order valence-corrected chi connectivity index (χ1v) is 8.16. The Morgan fingerprint density at radius 2 is 2.13 bits per heavy atom. The highest BCUT2D eigenvalue weighted by Gasteiger charge is 2.19. The number of thiazole rings is 1. The zero-order chi connectivity index (χ0) is 16.8. The fraction of sp³-hybridized carbons (Fsp3) is 0.375. The summed E-state index contributed by atoms with van der Waals surface area (Å²) in [7, 11) is 3.19. The quantitative estimate of drug-likeness (QED) is 0.812. The summed E-state index contributed by atoms with van der Waals surface area (Å²) in [5, 5.41) is 8.54. The van der Waals surface area contributed by atoms with E-state index in [-0.39, 0.29) is 5.91 Å². The Labute approximate surface area is 139 Å². The van der Waals surface area contributed by atoms with Gasteiger partial charge in [-0.1, -0.05) is 6.92 Å². The zero-order valence-corrected chi connectivity index (χ0v) is 14.5. The molecule has 2 N–H and O–H groups in total. The van der Waals surface area contributed by atoms with Crippen LogP contribution in [0.4, 0.5) is 10.8 Å². The molecule has 0 unspecified atom stereocenters. The number of hydrogen-bond donors (Lipinski definition) is 2. The summed E-state index contributed by atoms with van der Waals surface area (Å²) >= 11 is 1.41. The van der Waals surface area contributed by atoms with Crippen LogP contribution >= 0.6 is 11.3 Å². The molecular weight excluding hydrogens is 314 g/mol. The van der Waals surface area contributed by atoms with Crippen molar-refractivity contribution in [2.24, 2.45) is 0 Å². The number of ether oxygens (including phenoxy) is 2. The molecule has 0 saturated heterocycles. The molecule has 23 heavy (non-hydrogen) atoms. The van der Waals surface area contributed by atoms with Crippen molar-refractivity contribution in [1.29, 1.82) is 0 Å². The molecule has 0 bridgehead atoms. The van der Waals surface area contributed by atoms with Gasteiger partial charge in [0.2, 0.25) is 5.91 Å². The molecule has 6 nitrogen and oxygen atoms in total. The molecule has 0 radical (unpaired) electrons. The standard InChI is InChI=1S/C16H21N3O3S/c1-5-12(15(20)19-16-17-10(2)9-23-16)18-13-8-11(21-3)6-7-14(13)22-4/h6-9,12,18H,5H2,1-4H3,(H,17,19,20)/t12-/m1/s1. The Morgan fingerprint density at radius 3 is 2.70 bits per heavy atom. The van der Waals surface area contributed by atoms with Crippen molar-refractivity contribution in [3.8, 4) is 11.5 Å². The van der Waals surface area contributed by atoms with Crippen molar-refractivity contribution in [2.45, 2.75) is 26.3 Å². The lowest BCUT2D eigenvalue weighted by Gasteiger charge is -2.19. The molecule has 0 saturated carbocycles. The van der Waals surface area contributed by atoms with Gasteiger partial charge in [0, 0.05) is 11.4 Å². The summed E-state index contributed by atoms with van der Waals surface area (Å²) < 4.78 is 10.6. The average molecular weight is 335 g/mol. The van der Waals surface area contributed by atoms with Gasteiger partial charge in [0.15, 0.2) is 5.13 Å². The zero-order valence-electron chi connectivity index (χ0n) is 13.7. The lowest BCUT2D eigenvalue weighted by atomic mass is 10.2. The summed E-state index contributed by atoms with van der Waals surface area (Å²) in [6.07, 6.45) is 0.622. The third kappa shape index (κ3) is 4.35. The number of anilines is 2. The number of aromatic nitrogens is 1. The van der Waals surface area contributed by atoms with Crippen LogP contribution in [0.25, 0.3) is 0 Å². The maximum absolute atomic E-state index is 12.4. The monoisotopic (exact) mass is 335 g/mol. The Morgan fingerprint density at radius 1 is 1.35 bits per heavy atom. The Kier molecular flexibility index (Phi) is 5.81. The first kappa shape index (κ1) is 17.1. The minimum atomic E-state index is -0.403. The number of methoxy groups -OCH3 is 2. The van der Waals surface area contributed by atoms with Gasteiger partial charge in [0.05, 0.1) is 25.6 Å². The molecule has 1 atom stereocenters. The second-order valence-corrected chi connectivity index (χ2v) is 5.81. The fourth-order valence-corrected chi connectivity index (χ4v) is 2.76. The molecule has 0 spiro atoms. The van der Waals surface area contributed by atoms with E-state index in [9.17, 15) is 4.79 Å². The number of aryl methyl sites for hydroxylation is 1. The number of carbonyl (C=O) groups is 1. The number of rotatable bonds is 7. The van der Waals surface area contributed by atoms with E-state index in [1.807, 2.05) is 31.4 Å². The van der Waals surface area contributed by atoms with Crippen molar-refractivity contribution < 1.29 is 14.3 Å². The van der Waals surface area contributed by atoms with Crippen molar-refractivity contribution in [3.05, 3.63) is 29.3 Å². The summed E-state index contributed by atoms with van der Waals surface area (Å²) in [4.78, 5) is 16.7. The number of benzene rings is 1. The van der Waals surface area contributed by atoms with E-state index in [2.05, 4.69) is 15.6 Å². The predicted octanol–water partition coefficient (Wildman–Crippen LogP) is 3.30. The summed E-state index contributed by atoms with van der Waals surface area (Å²) in [6, 6.07) is 5.02. The van der Waals surface area contributed by atoms with Crippen LogP contribution in [0.1, 0.15) is 19.0 Å². The predicted molar refractivity (Wildman–Crippen MR) is 92.7 cm³/mol. The number of carbonyl (C=O) groups excluding carboxylic acids is 1. The van der Waals surface area contributed by atoms with Gasteiger partial charge >= 0.3 is 0 Å². The Balaban J connectivity index is 2.13. The maximum atomic E-state index is 12.4. The third-order valence-corrected chi connectivity index (χ3v) is 4.19. The third-order valence-electron chi connectivity index (χ3n) is 3.31. The molecule has 124 valence electrons. The average Bonchev–Trinajstić information content (AvgIpc) is 2.97. The van der Waals surface area contributed by atoms with E-state index in [0.29, 0.717) is 28.7 Å². The highest BCUT2D eigenvalue weighted by atomic mass is 32.1. The molecule has 0 aliphatic heterocycles. The topological polar surface area (TPSA) is 72.5 Å². The van der Waals surface area contributed by atoms with Crippen LogP contribution in [-0.2, 0) is 4.79 Å². The second-order valence-electron chi connectivity index (χ2n) is 4.95. The van der Waals surface area contributed by atoms with E-state index >= 15 is 0 Å². The van der Waals surface area contributed by atoms with Crippen LogP contribution in [0.3, 0.4) is 0 Å². The molecule has 0 fully saturated rings. The molecule has 2 aromatic rings. The van der Waals surface area contributed by atoms with Gasteiger partial charge in [-0.25, -0.2) is 4.98 Å². The first-order valence-electron chi connectivity index (χ1n) is 7.29. The normalized spacial score (nSPS) is 11.7. The van der Waals surface area contributed by atoms with Crippen LogP contribution < -0.4 is 20.1 Å². The Bertz CT molecular complexity index is 672. The maximum Gasteiger partial charge on any atom is 0.248 e. The van der Waals surface area contributed by atoms with E-state index in [1.165, 1.54) is 11.3 Å². The van der Waals surface area contributed by atoms with E-state index < -0.39 is 6.04 Å². The molecule has 1 amide bonds. The fourth-order valence-electron chi connectivity index (χ4n) is 2.07. The van der Waals surface area contributed by atoms with Crippen LogP contribution in [0.2, 0.25) is 0 Å². The number of nitrogens with one attached hydrogen (secondary N) is 2. The van der Waals surface area contributed by atoms with Gasteiger partial charge in [-0.3, -0.25) is 4.79 Å². The van der Waals surface area contributed by atoms with Gasteiger partial charge < -0.3 is 20.1 Å². The summed E-state index contributed by atoms with van der Waals surface area (Å²) in [5.41, 5.74) is 1.60. The van der Waals surface area contributed by atoms with Gasteiger partial charge in [-0.05, 0) is 25.5 Å². The van der Waals surface area contributed by atoms with Crippen LogP contribution in [0, 0.1) is 6.92 Å². The molecule has 0 aliphatic carbocycles. The molecule has 1 aromatic heterocycles. The Hall–Kier alpha value is -2.28. The van der Waals surface area contributed by atoms with E-state index in [0.717, 1.165) is 5.69 Å². The number of hydrogen-bond acceptors (Lipinski definition) is 6. The molecule has 0 aliphatic rings. The van der Waals surface area contributed by atoms with Gasteiger partial charge in [-0.2, -0.15) is 0 Å². The minimum absolute atomic E-state index is 0.133. The molecule has 2 rings (SSSR count). The van der Waals surface area contributed by atoms with E-state index in [1.54, 1.807) is 20.3 Å². The highest BCUT2D eigenvalue weighted by molar-refractivity contribution is 7.13. The van der Waals surface area contributed by atoms with Gasteiger partial charge in [-0.15, -0.1) is 11.3 Å². The number of nitrogens with zero attached hydrogens (tertiary/aromatic N) is 1. The van der Waals surface area contributed by atoms with Gasteiger partial charge in [0.1, 0.15) is 17.5 Å². The van der Waals surface area contributed by atoms with Crippen molar-refractivity contribution in [1.82, 2.24) is 4.98 Å². The number of amides is 1. The molecule has 7 heteroatoms. The van der Waals surface area contributed by atoms with Crippen molar-refractivity contribution >= 4 is 28.1 Å². The minimum Gasteiger partial charge on any atom is -0.497 e. The smallest absolute Gasteiger partial charge is 0.248 e. The van der Waals surface area contributed by atoms with Gasteiger partial charge in [0.25, 0.3) is 0 Å². The first-order chi connectivity index (χ1) is 11.1. The SMILES string of the molecule is CC[C@@H](Nc1cc(OC)ccc1OC)C(=O)Nc1nc(C)cs1. The molecule has 1 aromatic carbocycles. The van der Waals surface area contributed by atoms with Crippen LogP contribution in [-0.4, -0.2) is 31.2 Å². The lowest BCUT2D eigenvalue weighted by Crippen LogP contribution is -2.34. The van der Waals surface area contributed by atoms with Crippen LogP contribution in [0.5, 0.6) is 11.5 Å².